The van der Waals surface area contributed by atoms with Crippen LogP contribution in [0.15, 0.2) is 41.3 Å². The Bertz CT molecular complexity index is 1060. The Hall–Kier alpha value is -1.06. The predicted molar refractivity (Wildman–Crippen MR) is 134 cm³/mol. The molecule has 2 aromatic carbocycles. The fourth-order valence-corrected chi connectivity index (χ4v) is 5.33. The number of hydrogen-bond donors (Lipinski definition) is 0. The third kappa shape index (κ3) is 5.85. The van der Waals surface area contributed by atoms with E-state index in [-0.39, 0.29) is 18.3 Å². The van der Waals surface area contributed by atoms with Crippen molar-refractivity contribution in [1.82, 2.24) is 9.88 Å². The number of carbonyl (C=O) groups excluding carboxylic acids is 1. The summed E-state index contributed by atoms with van der Waals surface area (Å²) in [6, 6.07) is 11.1. The lowest BCUT2D eigenvalue weighted by molar-refractivity contribution is 0.0391. The second-order valence-corrected chi connectivity index (χ2v) is 9.60. The Labute approximate surface area is 206 Å². The molecule has 0 unspecified atom stereocenters. The summed E-state index contributed by atoms with van der Waals surface area (Å²) in [7, 11) is 0. The number of morpholine rings is 1. The average Bonchev–Trinajstić information content (AvgIpc) is 3.17. The molecular weight excluding hydrogens is 497 g/mol. The van der Waals surface area contributed by atoms with Crippen molar-refractivity contribution in [1.29, 1.82) is 0 Å². The molecule has 0 aliphatic carbocycles. The summed E-state index contributed by atoms with van der Waals surface area (Å²) in [6.45, 7) is 4.42. The molecule has 166 valence electrons. The zero-order chi connectivity index (χ0) is 21.1. The Morgan fingerprint density at radius 1 is 1.23 bits per heavy atom. The topological polar surface area (TPSA) is 45.7 Å². The minimum Gasteiger partial charge on any atom is -0.379 e. The van der Waals surface area contributed by atoms with Crippen LogP contribution in [0.1, 0.15) is 10.4 Å². The Kier molecular flexibility index (Phi) is 8.87. The summed E-state index contributed by atoms with van der Waals surface area (Å²) in [5.41, 5.74) is 1.31. The highest BCUT2D eigenvalue weighted by atomic mass is 35.5. The van der Waals surface area contributed by atoms with Crippen molar-refractivity contribution in [3.63, 3.8) is 0 Å². The number of carbonyl (C=O) groups is 1. The van der Waals surface area contributed by atoms with E-state index in [4.69, 9.17) is 32.9 Å². The van der Waals surface area contributed by atoms with Gasteiger partial charge in [-0.3, -0.25) is 14.6 Å². The van der Waals surface area contributed by atoms with Crippen molar-refractivity contribution in [3.05, 3.63) is 52.0 Å². The first-order valence-corrected chi connectivity index (χ1v) is 12.4. The molecule has 4 rings (SSSR count). The molecule has 5 nitrogen and oxygen atoms in total. The smallest absolute Gasteiger partial charge is 0.261 e. The van der Waals surface area contributed by atoms with Crippen LogP contribution in [0.2, 0.25) is 10.0 Å². The van der Waals surface area contributed by atoms with Crippen LogP contribution < -0.4 is 4.90 Å². The minimum absolute atomic E-state index is 0. The number of anilines is 1. The first kappa shape index (κ1) is 24.6. The number of nitrogens with zero attached hydrogens (tertiary/aromatic N) is 3. The van der Waals surface area contributed by atoms with Gasteiger partial charge in [0.25, 0.3) is 5.91 Å². The number of amides is 1. The maximum atomic E-state index is 13.5. The number of fused-ring (bicyclic) bond motifs is 1. The molecule has 0 bridgehead atoms. The van der Waals surface area contributed by atoms with Gasteiger partial charge in [-0.2, -0.15) is 0 Å². The number of ether oxygens (including phenoxy) is 1. The largest absolute Gasteiger partial charge is 0.379 e. The van der Waals surface area contributed by atoms with Crippen LogP contribution in [0.5, 0.6) is 0 Å². The summed E-state index contributed by atoms with van der Waals surface area (Å²) < 4.78 is 6.49. The number of benzene rings is 2. The maximum absolute atomic E-state index is 13.5. The molecule has 1 amide bonds. The number of thioether (sulfide) groups is 1. The van der Waals surface area contributed by atoms with E-state index < -0.39 is 0 Å². The van der Waals surface area contributed by atoms with Gasteiger partial charge in [0.2, 0.25) is 0 Å². The highest BCUT2D eigenvalue weighted by molar-refractivity contribution is 7.98. The van der Waals surface area contributed by atoms with Gasteiger partial charge < -0.3 is 4.74 Å². The summed E-state index contributed by atoms with van der Waals surface area (Å²) in [5.74, 6) is -0.172. The van der Waals surface area contributed by atoms with Gasteiger partial charge in [-0.05, 0) is 42.7 Å². The number of halogens is 3. The van der Waals surface area contributed by atoms with E-state index in [0.717, 1.165) is 43.1 Å². The molecular formula is C21H22Cl3N3O2S2. The van der Waals surface area contributed by atoms with Gasteiger partial charge in [-0.1, -0.05) is 34.5 Å². The van der Waals surface area contributed by atoms with Gasteiger partial charge in [0.05, 0.1) is 34.0 Å². The first-order valence-electron chi connectivity index (χ1n) is 9.57. The van der Waals surface area contributed by atoms with Gasteiger partial charge >= 0.3 is 0 Å². The van der Waals surface area contributed by atoms with Gasteiger partial charge in [-0.25, -0.2) is 4.98 Å². The molecule has 1 saturated heterocycles. The van der Waals surface area contributed by atoms with Crippen molar-refractivity contribution < 1.29 is 9.53 Å². The zero-order valence-electron chi connectivity index (χ0n) is 16.8. The third-order valence-electron chi connectivity index (χ3n) is 4.97. The van der Waals surface area contributed by atoms with E-state index in [0.29, 0.717) is 27.3 Å². The number of thiazole rings is 1. The van der Waals surface area contributed by atoms with Crippen LogP contribution in [0.3, 0.4) is 0 Å². The molecule has 0 atom stereocenters. The molecule has 0 saturated carbocycles. The summed E-state index contributed by atoms with van der Waals surface area (Å²) in [6.07, 6.45) is 2.05. The lowest BCUT2D eigenvalue weighted by Gasteiger charge is -2.29. The number of hydrogen-bond acceptors (Lipinski definition) is 6. The van der Waals surface area contributed by atoms with Crippen LogP contribution in [-0.4, -0.2) is 61.4 Å². The number of rotatable bonds is 6. The van der Waals surface area contributed by atoms with E-state index >= 15 is 0 Å². The second kappa shape index (κ2) is 11.2. The fraction of sp³-hybridized carbons (Fsp3) is 0.333. The molecule has 2 heterocycles. The van der Waals surface area contributed by atoms with Crippen LogP contribution in [0.25, 0.3) is 10.2 Å². The fourth-order valence-electron chi connectivity index (χ4n) is 3.29. The maximum Gasteiger partial charge on any atom is 0.261 e. The molecule has 1 aliphatic rings. The van der Waals surface area contributed by atoms with E-state index in [2.05, 4.69) is 11.0 Å². The second-order valence-electron chi connectivity index (χ2n) is 6.87. The van der Waals surface area contributed by atoms with Crippen molar-refractivity contribution in [2.45, 2.75) is 4.90 Å². The monoisotopic (exact) mass is 517 g/mol. The highest BCUT2D eigenvalue weighted by Crippen LogP contribution is 2.33. The Morgan fingerprint density at radius 3 is 2.71 bits per heavy atom. The highest BCUT2D eigenvalue weighted by Gasteiger charge is 2.24. The third-order valence-corrected chi connectivity index (χ3v) is 7.28. The summed E-state index contributed by atoms with van der Waals surface area (Å²) in [4.78, 5) is 23.4. The molecule has 0 N–H and O–H groups in total. The quantitative estimate of drug-likeness (QED) is 0.390. The van der Waals surface area contributed by atoms with Gasteiger partial charge in [0.15, 0.2) is 5.13 Å². The zero-order valence-corrected chi connectivity index (χ0v) is 20.8. The van der Waals surface area contributed by atoms with E-state index in [9.17, 15) is 4.79 Å². The van der Waals surface area contributed by atoms with E-state index in [1.165, 1.54) is 16.2 Å². The van der Waals surface area contributed by atoms with Crippen molar-refractivity contribution in [3.8, 4) is 0 Å². The number of aromatic nitrogens is 1. The van der Waals surface area contributed by atoms with E-state index in [1.807, 2.05) is 18.4 Å². The Balaban J connectivity index is 0.00000272. The summed E-state index contributed by atoms with van der Waals surface area (Å²) in [5, 5.41) is 1.52. The minimum atomic E-state index is -0.172. The molecule has 1 aromatic heterocycles. The van der Waals surface area contributed by atoms with E-state index in [1.54, 1.807) is 34.9 Å². The van der Waals surface area contributed by atoms with Crippen LogP contribution in [0, 0.1) is 0 Å². The lowest BCUT2D eigenvalue weighted by atomic mass is 10.2. The van der Waals surface area contributed by atoms with Crippen molar-refractivity contribution in [2.75, 3.05) is 50.5 Å². The standard InChI is InChI=1S/C21H21Cl2N3O2S2.ClH/c1-29-15-3-5-18-19(13-15)30-21(24-18)26(7-6-25-8-10-28-11-9-25)20(27)16-4-2-14(22)12-17(16)23;/h2-5,12-13H,6-11H2,1H3;1H. The van der Waals surface area contributed by atoms with Crippen molar-refractivity contribution >= 4 is 80.0 Å². The summed E-state index contributed by atoms with van der Waals surface area (Å²) >= 11 is 15.6. The normalized spacial score (nSPS) is 14.4. The van der Waals surface area contributed by atoms with Crippen LogP contribution in [0.4, 0.5) is 5.13 Å². The molecule has 10 heteroatoms. The molecule has 31 heavy (non-hydrogen) atoms. The van der Waals surface area contributed by atoms with Crippen LogP contribution in [-0.2, 0) is 4.74 Å². The Morgan fingerprint density at radius 2 is 2.00 bits per heavy atom. The van der Waals surface area contributed by atoms with Crippen molar-refractivity contribution in [2.24, 2.45) is 0 Å². The molecule has 1 fully saturated rings. The van der Waals surface area contributed by atoms with Crippen LogP contribution >= 0.6 is 58.7 Å². The van der Waals surface area contributed by atoms with Gasteiger partial charge in [0, 0.05) is 36.1 Å². The molecule has 3 aromatic rings. The molecule has 1 aliphatic heterocycles. The predicted octanol–water partition coefficient (Wildman–Crippen LogP) is 5.73. The SMILES string of the molecule is CSc1ccc2nc(N(CCN3CCOCC3)C(=O)c3ccc(Cl)cc3Cl)sc2c1.Cl. The molecule has 0 spiro atoms. The average molecular weight is 519 g/mol. The van der Waals surface area contributed by atoms with Gasteiger partial charge in [-0.15, -0.1) is 24.2 Å². The van der Waals surface area contributed by atoms with Gasteiger partial charge in [0.1, 0.15) is 0 Å². The molecule has 0 radical (unpaired) electrons. The lowest BCUT2D eigenvalue weighted by Crippen LogP contribution is -2.43. The first-order chi connectivity index (χ1) is 14.5.